The van der Waals surface area contributed by atoms with Crippen molar-refractivity contribution in [2.45, 2.75) is 79.0 Å². The molecule has 5 nitrogen and oxygen atoms in total. The van der Waals surface area contributed by atoms with Gasteiger partial charge in [-0.25, -0.2) is 0 Å². The average molecular weight is 307 g/mol. The number of carbonyl (C=O) groups excluding carboxylic acids is 2. The van der Waals surface area contributed by atoms with Crippen LogP contribution in [-0.2, 0) is 18.8 Å². The van der Waals surface area contributed by atoms with Crippen molar-refractivity contribution in [3.05, 3.63) is 0 Å². The van der Waals surface area contributed by atoms with Crippen molar-refractivity contribution in [1.82, 2.24) is 5.32 Å². The van der Waals surface area contributed by atoms with Gasteiger partial charge in [-0.2, -0.15) is 0 Å². The zero-order chi connectivity index (χ0) is 15.3. The lowest BCUT2D eigenvalue weighted by Gasteiger charge is -2.29. The second-order valence-corrected chi connectivity index (χ2v) is 6.74. The van der Waals surface area contributed by atoms with Gasteiger partial charge in [0, 0.05) is 12.0 Å². The minimum absolute atomic E-state index is 0. The normalized spacial score (nSPS) is 13.2. The summed E-state index contributed by atoms with van der Waals surface area (Å²) in [6, 6.07) is -0.525. The molecule has 0 spiro atoms. The van der Waals surface area contributed by atoms with Gasteiger partial charge in [0.1, 0.15) is 11.6 Å². The fourth-order valence-electron chi connectivity index (χ4n) is 1.47. The summed E-state index contributed by atoms with van der Waals surface area (Å²) in [5, 5.41) is 3.17. The Kier molecular flexibility index (Phi) is 9.28. The van der Waals surface area contributed by atoms with Crippen molar-refractivity contribution in [1.29, 1.82) is 0 Å². The number of nitrogens with one attached hydrogen (secondary N) is 1. The number of carbonyl (C=O) groups is 2. The van der Waals surface area contributed by atoms with E-state index >= 15 is 0 Å². The molecule has 0 aromatic heterocycles. The van der Waals surface area contributed by atoms with Crippen molar-refractivity contribution in [3.63, 3.8) is 0 Å². The summed E-state index contributed by atoms with van der Waals surface area (Å²) in [6.07, 6.45) is 0.510. The van der Waals surface area contributed by atoms with E-state index in [0.29, 0.717) is 6.42 Å². The maximum Gasteiger partial charge on any atom is 0.323 e. The van der Waals surface area contributed by atoms with Crippen LogP contribution in [0.2, 0.25) is 0 Å². The van der Waals surface area contributed by atoms with Crippen LogP contribution in [0.4, 0.5) is 0 Å². The highest BCUT2D eigenvalue weighted by Gasteiger charge is 2.28. The lowest BCUT2D eigenvalue weighted by molar-refractivity contribution is -0.158. The molecule has 0 aliphatic rings. The quantitative estimate of drug-likeness (QED) is 0.625. The van der Waals surface area contributed by atoms with Crippen LogP contribution >= 0.6 is 9.47 Å². The first kappa shape index (κ1) is 21.6. The summed E-state index contributed by atoms with van der Waals surface area (Å²) < 4.78 is 9.86. The maximum absolute atomic E-state index is 12.1. The van der Waals surface area contributed by atoms with Crippen LogP contribution in [0.5, 0.6) is 0 Å². The summed E-state index contributed by atoms with van der Waals surface area (Å²) in [6.45, 7) is 11.3. The maximum atomic E-state index is 12.1. The molecule has 0 fully saturated rings. The zero-order valence-electron chi connectivity index (χ0n) is 12.7. The molecule has 0 aliphatic heterocycles. The van der Waals surface area contributed by atoms with Crippen LogP contribution < -0.4 is 5.32 Å². The lowest BCUT2D eigenvalue weighted by atomic mass is 10.0. The third-order valence-corrected chi connectivity index (χ3v) is 2.33. The van der Waals surface area contributed by atoms with Gasteiger partial charge in [0.15, 0.2) is 0 Å². The summed E-state index contributed by atoms with van der Waals surface area (Å²) in [5.74, 6) is -0.715. The smallest absolute Gasteiger partial charge is 0.323 e. The average Bonchev–Trinajstić information content (AvgIpc) is 2.19. The number of rotatable bonds is 5. The minimum atomic E-state index is -0.546. The van der Waals surface area contributed by atoms with Crippen molar-refractivity contribution in [2.75, 3.05) is 0 Å². The van der Waals surface area contributed by atoms with Crippen LogP contribution in [0.25, 0.3) is 0 Å². The molecule has 0 rings (SSSR count). The third-order valence-electron chi connectivity index (χ3n) is 2.07. The van der Waals surface area contributed by atoms with Crippen molar-refractivity contribution < 1.29 is 18.8 Å². The number of hydrogen-bond donors (Lipinski definition) is 1. The summed E-state index contributed by atoms with van der Waals surface area (Å²) >= 11 is 0. The van der Waals surface area contributed by atoms with E-state index in [0.717, 1.165) is 0 Å². The SMILES string of the molecule is C.CC(C)(C)NC(CCC(=O)OP)C(=O)OC(C)(C)C. The van der Waals surface area contributed by atoms with Crippen LogP contribution in [0.1, 0.15) is 61.8 Å². The molecule has 1 N–H and O–H groups in total. The molecular formula is C14H30NO4P. The molecule has 0 aliphatic carbocycles. The molecule has 0 bridgehead atoms. The Bertz CT molecular complexity index is 318. The second-order valence-electron chi connectivity index (χ2n) is 6.51. The van der Waals surface area contributed by atoms with E-state index in [1.165, 1.54) is 0 Å². The molecular weight excluding hydrogens is 277 g/mol. The topological polar surface area (TPSA) is 64.6 Å². The molecule has 0 aromatic carbocycles. The molecule has 2 atom stereocenters. The summed E-state index contributed by atoms with van der Waals surface area (Å²) in [7, 11) is 1.91. The van der Waals surface area contributed by atoms with Crippen LogP contribution in [0.15, 0.2) is 0 Å². The second kappa shape index (κ2) is 8.58. The van der Waals surface area contributed by atoms with Gasteiger partial charge in [-0.1, -0.05) is 7.43 Å². The molecule has 0 heterocycles. The fraction of sp³-hybridized carbons (Fsp3) is 0.857. The number of hydrogen-bond acceptors (Lipinski definition) is 5. The Morgan fingerprint density at radius 2 is 1.65 bits per heavy atom. The van der Waals surface area contributed by atoms with E-state index in [9.17, 15) is 9.59 Å². The van der Waals surface area contributed by atoms with Crippen molar-refractivity contribution in [3.8, 4) is 0 Å². The van der Waals surface area contributed by atoms with Crippen molar-refractivity contribution >= 4 is 21.4 Å². The van der Waals surface area contributed by atoms with E-state index in [1.54, 1.807) is 0 Å². The van der Waals surface area contributed by atoms with Gasteiger partial charge in [-0.3, -0.25) is 14.9 Å². The van der Waals surface area contributed by atoms with Crippen LogP contribution in [0.3, 0.4) is 0 Å². The summed E-state index contributed by atoms with van der Waals surface area (Å²) in [4.78, 5) is 23.3. The zero-order valence-corrected chi connectivity index (χ0v) is 13.9. The molecule has 0 amide bonds. The number of esters is 1. The lowest BCUT2D eigenvalue weighted by Crippen LogP contribution is -2.49. The Hall–Kier alpha value is -0.670. The number of ether oxygens (including phenoxy) is 1. The molecule has 0 saturated carbocycles. The monoisotopic (exact) mass is 307 g/mol. The highest BCUT2D eigenvalue weighted by atomic mass is 31.0. The predicted octanol–water partition coefficient (Wildman–Crippen LogP) is 2.83. The van der Waals surface area contributed by atoms with Gasteiger partial charge in [0.25, 0.3) is 0 Å². The predicted molar refractivity (Wildman–Crippen MR) is 84.3 cm³/mol. The molecule has 0 aromatic rings. The van der Waals surface area contributed by atoms with E-state index in [1.807, 2.05) is 51.0 Å². The Balaban J connectivity index is 0. The van der Waals surface area contributed by atoms with Crippen LogP contribution in [0, 0.1) is 0 Å². The Labute approximate surface area is 125 Å². The first-order valence-electron chi connectivity index (χ1n) is 6.35. The highest BCUT2D eigenvalue weighted by molar-refractivity contribution is 7.10. The fourth-order valence-corrected chi connectivity index (χ4v) is 1.58. The molecule has 120 valence electrons. The van der Waals surface area contributed by atoms with E-state index in [2.05, 4.69) is 9.84 Å². The van der Waals surface area contributed by atoms with Gasteiger partial charge in [0.05, 0.1) is 9.47 Å². The Morgan fingerprint density at radius 3 is 2.00 bits per heavy atom. The van der Waals surface area contributed by atoms with Gasteiger partial charge in [0.2, 0.25) is 0 Å². The molecule has 6 heteroatoms. The van der Waals surface area contributed by atoms with Crippen LogP contribution in [-0.4, -0.2) is 29.1 Å². The van der Waals surface area contributed by atoms with Gasteiger partial charge in [-0.05, 0) is 48.0 Å². The van der Waals surface area contributed by atoms with Crippen molar-refractivity contribution in [2.24, 2.45) is 0 Å². The molecule has 0 saturated heterocycles. The van der Waals surface area contributed by atoms with E-state index < -0.39 is 11.6 Å². The Morgan fingerprint density at radius 1 is 1.15 bits per heavy atom. The summed E-state index contributed by atoms with van der Waals surface area (Å²) in [5.41, 5.74) is -0.789. The van der Waals surface area contributed by atoms with E-state index in [-0.39, 0.29) is 31.3 Å². The standard InChI is InChI=1S/C13H26NO4P.CH4/c1-12(2,3)14-9(7-8-10(15)18-19)11(16)17-13(4,5)6;/h9,14H,7-8,19H2,1-6H3;1H4. The minimum Gasteiger partial charge on any atom is -0.459 e. The first-order chi connectivity index (χ1) is 8.44. The molecule has 20 heavy (non-hydrogen) atoms. The van der Waals surface area contributed by atoms with E-state index in [4.69, 9.17) is 4.74 Å². The molecule has 2 unspecified atom stereocenters. The first-order valence-corrected chi connectivity index (χ1v) is 6.82. The highest BCUT2D eigenvalue weighted by Crippen LogP contribution is 2.14. The van der Waals surface area contributed by atoms with Gasteiger partial charge >= 0.3 is 11.9 Å². The largest absolute Gasteiger partial charge is 0.459 e. The molecule has 0 radical (unpaired) electrons. The third kappa shape index (κ3) is 11.2. The van der Waals surface area contributed by atoms with Gasteiger partial charge in [-0.15, -0.1) is 0 Å². The van der Waals surface area contributed by atoms with Gasteiger partial charge < -0.3 is 9.26 Å².